The minimum absolute atomic E-state index is 0.104. The van der Waals surface area contributed by atoms with Gasteiger partial charge in [0.1, 0.15) is 5.82 Å². The Kier molecular flexibility index (Phi) is 5.58. The van der Waals surface area contributed by atoms with Gasteiger partial charge in [-0.2, -0.15) is 0 Å². The molecular formula is C12H16BrFN2O. The van der Waals surface area contributed by atoms with E-state index in [9.17, 15) is 9.18 Å². The Balaban J connectivity index is 2.58. The maximum absolute atomic E-state index is 13.0. The molecule has 0 saturated carbocycles. The van der Waals surface area contributed by atoms with E-state index >= 15 is 0 Å². The molecule has 0 aliphatic heterocycles. The van der Waals surface area contributed by atoms with Gasteiger partial charge in [-0.1, -0.05) is 6.92 Å². The molecule has 2 N–H and O–H groups in total. The van der Waals surface area contributed by atoms with Gasteiger partial charge in [0.15, 0.2) is 0 Å². The number of amides is 1. The zero-order valence-corrected chi connectivity index (χ0v) is 11.5. The number of halogens is 2. The number of benzene rings is 1. The van der Waals surface area contributed by atoms with Crippen LogP contribution in [0.4, 0.5) is 10.1 Å². The first-order chi connectivity index (χ1) is 8.02. The van der Waals surface area contributed by atoms with Crippen LogP contribution in [0.2, 0.25) is 0 Å². The molecule has 1 aromatic rings. The molecule has 1 unspecified atom stereocenters. The highest BCUT2D eigenvalue weighted by molar-refractivity contribution is 9.10. The van der Waals surface area contributed by atoms with Crippen molar-refractivity contribution in [2.75, 3.05) is 11.9 Å². The smallest absolute Gasteiger partial charge is 0.225 e. The first-order valence-corrected chi connectivity index (χ1v) is 6.30. The Bertz CT molecular complexity index is 398. The summed E-state index contributed by atoms with van der Waals surface area (Å²) >= 11 is 3.26. The van der Waals surface area contributed by atoms with Crippen LogP contribution in [0.1, 0.15) is 20.3 Å². The Morgan fingerprint density at radius 1 is 1.53 bits per heavy atom. The maximum atomic E-state index is 13.0. The van der Waals surface area contributed by atoms with Gasteiger partial charge in [0.05, 0.1) is 5.69 Å². The molecule has 0 spiro atoms. The van der Waals surface area contributed by atoms with Gasteiger partial charge in [0.2, 0.25) is 5.91 Å². The molecule has 1 atom stereocenters. The molecule has 0 aromatic heterocycles. The monoisotopic (exact) mass is 302 g/mol. The van der Waals surface area contributed by atoms with E-state index in [2.05, 4.69) is 26.6 Å². The molecule has 0 saturated heterocycles. The lowest BCUT2D eigenvalue weighted by molar-refractivity contribution is -0.116. The standard InChI is InChI=1S/C12H16BrFN2O/c1-3-15-8(2)6-12(17)16-11-7-9(14)4-5-10(11)13/h4-5,7-8,15H,3,6H2,1-2H3,(H,16,17). The zero-order valence-electron chi connectivity index (χ0n) is 9.89. The van der Waals surface area contributed by atoms with E-state index in [0.29, 0.717) is 16.6 Å². The van der Waals surface area contributed by atoms with E-state index in [1.54, 1.807) is 6.07 Å². The van der Waals surface area contributed by atoms with Crippen LogP contribution in [0.5, 0.6) is 0 Å². The van der Waals surface area contributed by atoms with Gasteiger partial charge in [-0.3, -0.25) is 4.79 Å². The number of rotatable bonds is 5. The van der Waals surface area contributed by atoms with Crippen molar-refractivity contribution in [1.29, 1.82) is 0 Å². The van der Waals surface area contributed by atoms with Crippen molar-refractivity contribution in [3.05, 3.63) is 28.5 Å². The van der Waals surface area contributed by atoms with Crippen LogP contribution in [0.25, 0.3) is 0 Å². The second-order valence-electron chi connectivity index (χ2n) is 3.84. The summed E-state index contributed by atoms with van der Waals surface area (Å²) in [5.41, 5.74) is 0.457. The number of nitrogens with one attached hydrogen (secondary N) is 2. The third kappa shape index (κ3) is 4.83. The van der Waals surface area contributed by atoms with Gasteiger partial charge in [-0.15, -0.1) is 0 Å². The SMILES string of the molecule is CCNC(C)CC(=O)Nc1cc(F)ccc1Br. The Labute approximate surface area is 109 Å². The summed E-state index contributed by atoms with van der Waals surface area (Å²) in [6, 6.07) is 4.30. The predicted molar refractivity (Wildman–Crippen MR) is 70.5 cm³/mol. The number of carbonyl (C=O) groups excluding carboxylic acids is 1. The molecule has 3 nitrogen and oxygen atoms in total. The van der Waals surface area contributed by atoms with E-state index in [4.69, 9.17) is 0 Å². The summed E-state index contributed by atoms with van der Waals surface area (Å²) in [6.07, 6.45) is 0.358. The van der Waals surface area contributed by atoms with Crippen molar-refractivity contribution in [3.8, 4) is 0 Å². The van der Waals surface area contributed by atoms with Crippen molar-refractivity contribution >= 4 is 27.5 Å². The first kappa shape index (κ1) is 14.1. The van der Waals surface area contributed by atoms with Crippen molar-refractivity contribution in [2.24, 2.45) is 0 Å². The molecule has 1 rings (SSSR count). The Hall–Kier alpha value is -0.940. The summed E-state index contributed by atoms with van der Waals surface area (Å²) in [7, 11) is 0. The van der Waals surface area contributed by atoms with Gasteiger partial charge >= 0.3 is 0 Å². The van der Waals surface area contributed by atoms with Crippen molar-refractivity contribution in [3.63, 3.8) is 0 Å². The zero-order chi connectivity index (χ0) is 12.8. The van der Waals surface area contributed by atoms with Crippen LogP contribution in [-0.2, 0) is 4.79 Å². The number of hydrogen-bond acceptors (Lipinski definition) is 2. The number of carbonyl (C=O) groups is 1. The fourth-order valence-corrected chi connectivity index (χ4v) is 1.84. The lowest BCUT2D eigenvalue weighted by Gasteiger charge is -2.12. The van der Waals surface area contributed by atoms with E-state index < -0.39 is 0 Å². The summed E-state index contributed by atoms with van der Waals surface area (Å²) in [4.78, 5) is 11.7. The largest absolute Gasteiger partial charge is 0.325 e. The Morgan fingerprint density at radius 2 is 2.24 bits per heavy atom. The first-order valence-electron chi connectivity index (χ1n) is 5.51. The minimum Gasteiger partial charge on any atom is -0.325 e. The molecule has 94 valence electrons. The number of anilines is 1. The lowest BCUT2D eigenvalue weighted by Crippen LogP contribution is -2.30. The molecule has 0 radical (unpaired) electrons. The molecule has 0 bridgehead atoms. The second-order valence-corrected chi connectivity index (χ2v) is 4.69. The van der Waals surface area contributed by atoms with Crippen LogP contribution in [0.15, 0.2) is 22.7 Å². The highest BCUT2D eigenvalue weighted by Crippen LogP contribution is 2.23. The normalized spacial score (nSPS) is 12.2. The van der Waals surface area contributed by atoms with Gasteiger partial charge in [0, 0.05) is 16.9 Å². The van der Waals surface area contributed by atoms with Crippen molar-refractivity contribution < 1.29 is 9.18 Å². The molecule has 17 heavy (non-hydrogen) atoms. The molecule has 5 heteroatoms. The molecule has 0 heterocycles. The van der Waals surface area contributed by atoms with Crippen molar-refractivity contribution in [1.82, 2.24) is 5.32 Å². The summed E-state index contributed by atoms with van der Waals surface area (Å²) in [6.45, 7) is 4.74. The molecular weight excluding hydrogens is 287 g/mol. The van der Waals surface area contributed by atoms with Gasteiger partial charge in [-0.05, 0) is 47.6 Å². The van der Waals surface area contributed by atoms with Crippen LogP contribution < -0.4 is 10.6 Å². The lowest BCUT2D eigenvalue weighted by atomic mass is 10.2. The highest BCUT2D eigenvalue weighted by atomic mass is 79.9. The average molecular weight is 303 g/mol. The fourth-order valence-electron chi connectivity index (χ4n) is 1.49. The summed E-state index contributed by atoms with van der Waals surface area (Å²) in [5.74, 6) is -0.506. The van der Waals surface area contributed by atoms with E-state index in [-0.39, 0.29) is 17.8 Å². The molecule has 1 aromatic carbocycles. The Morgan fingerprint density at radius 3 is 2.88 bits per heavy atom. The van der Waals surface area contributed by atoms with Crippen LogP contribution in [-0.4, -0.2) is 18.5 Å². The topological polar surface area (TPSA) is 41.1 Å². The molecule has 1 amide bonds. The quantitative estimate of drug-likeness (QED) is 0.878. The van der Waals surface area contributed by atoms with Gasteiger partial charge < -0.3 is 10.6 Å². The third-order valence-electron chi connectivity index (χ3n) is 2.25. The third-order valence-corrected chi connectivity index (χ3v) is 2.94. The number of hydrogen-bond donors (Lipinski definition) is 2. The van der Waals surface area contributed by atoms with E-state index in [1.165, 1.54) is 12.1 Å². The van der Waals surface area contributed by atoms with E-state index in [1.807, 2.05) is 13.8 Å². The fraction of sp³-hybridized carbons (Fsp3) is 0.417. The minimum atomic E-state index is -0.372. The van der Waals surface area contributed by atoms with Crippen LogP contribution in [0, 0.1) is 5.82 Å². The van der Waals surface area contributed by atoms with Gasteiger partial charge in [0.25, 0.3) is 0 Å². The van der Waals surface area contributed by atoms with Crippen molar-refractivity contribution in [2.45, 2.75) is 26.3 Å². The van der Waals surface area contributed by atoms with Crippen LogP contribution >= 0.6 is 15.9 Å². The van der Waals surface area contributed by atoms with E-state index in [0.717, 1.165) is 6.54 Å². The highest BCUT2D eigenvalue weighted by Gasteiger charge is 2.10. The molecule has 0 fully saturated rings. The predicted octanol–water partition coefficient (Wildman–Crippen LogP) is 2.91. The van der Waals surface area contributed by atoms with Crippen LogP contribution in [0.3, 0.4) is 0 Å². The summed E-state index contributed by atoms with van der Waals surface area (Å²) in [5, 5.41) is 5.82. The average Bonchev–Trinajstić information content (AvgIpc) is 2.23. The van der Waals surface area contributed by atoms with Gasteiger partial charge in [-0.25, -0.2) is 4.39 Å². The molecule has 0 aliphatic carbocycles. The molecule has 0 aliphatic rings. The second kappa shape index (κ2) is 6.71. The maximum Gasteiger partial charge on any atom is 0.225 e. The summed E-state index contributed by atoms with van der Waals surface area (Å²) < 4.78 is 13.7.